The average molecular weight is 253 g/mol. The first-order valence-corrected chi connectivity index (χ1v) is 7.85. The lowest BCUT2D eigenvalue weighted by molar-refractivity contribution is 0.212. The maximum absolute atomic E-state index is 3.70. The molecular weight excluding hydrogens is 222 g/mol. The van der Waals surface area contributed by atoms with E-state index in [-0.39, 0.29) is 0 Å². The summed E-state index contributed by atoms with van der Waals surface area (Å²) in [5.41, 5.74) is 0. The van der Waals surface area contributed by atoms with Gasteiger partial charge in [-0.3, -0.25) is 0 Å². The van der Waals surface area contributed by atoms with Crippen molar-refractivity contribution in [1.29, 1.82) is 0 Å². The molecule has 0 saturated carbocycles. The molecule has 0 spiro atoms. The maximum Gasteiger partial charge on any atom is 0.00191 e. The molecule has 0 aromatic rings. The smallest absolute Gasteiger partial charge is 0.00191 e. The van der Waals surface area contributed by atoms with Crippen LogP contribution in [0, 0.1) is 11.8 Å². The maximum atomic E-state index is 3.70. The van der Waals surface area contributed by atoms with Crippen molar-refractivity contribution in [2.24, 2.45) is 11.8 Å². The zero-order chi connectivity index (χ0) is 12.8. The molecule has 1 atom stereocenters. The molecular formula is C15H31N3. The number of hydrogen-bond donors (Lipinski definition) is 1. The minimum absolute atomic E-state index is 0.800. The van der Waals surface area contributed by atoms with E-state index in [1.165, 1.54) is 71.5 Å². The molecule has 0 aromatic carbocycles. The zero-order valence-corrected chi connectivity index (χ0v) is 12.3. The summed E-state index contributed by atoms with van der Waals surface area (Å²) in [4.78, 5) is 5.08. The predicted octanol–water partition coefficient (Wildman–Crippen LogP) is 1.65. The molecule has 0 aromatic heterocycles. The van der Waals surface area contributed by atoms with E-state index in [4.69, 9.17) is 0 Å². The second-order valence-electron chi connectivity index (χ2n) is 6.52. The summed E-state index contributed by atoms with van der Waals surface area (Å²) in [6.45, 7) is 11.4. The SMILES string of the molecule is CC(CNCC1CCN(C)CC1)CN1CCCC1. The fourth-order valence-corrected chi connectivity index (χ4v) is 3.27. The molecule has 3 heteroatoms. The van der Waals surface area contributed by atoms with Gasteiger partial charge in [-0.2, -0.15) is 0 Å². The Kier molecular flexibility index (Phi) is 5.93. The summed E-state index contributed by atoms with van der Waals surface area (Å²) in [5.74, 6) is 1.72. The Labute approximate surface area is 113 Å². The Balaban J connectivity index is 1.51. The van der Waals surface area contributed by atoms with Crippen molar-refractivity contribution >= 4 is 0 Å². The molecule has 3 nitrogen and oxygen atoms in total. The third-order valence-corrected chi connectivity index (χ3v) is 4.53. The lowest BCUT2D eigenvalue weighted by atomic mass is 9.97. The Bertz CT molecular complexity index is 218. The topological polar surface area (TPSA) is 18.5 Å². The predicted molar refractivity (Wildman–Crippen MR) is 77.9 cm³/mol. The highest BCUT2D eigenvalue weighted by molar-refractivity contribution is 4.74. The van der Waals surface area contributed by atoms with Crippen LogP contribution in [0.5, 0.6) is 0 Å². The van der Waals surface area contributed by atoms with Crippen molar-refractivity contribution in [3.63, 3.8) is 0 Å². The van der Waals surface area contributed by atoms with E-state index in [1.807, 2.05) is 0 Å². The quantitative estimate of drug-likeness (QED) is 0.776. The Morgan fingerprint density at radius 2 is 1.78 bits per heavy atom. The largest absolute Gasteiger partial charge is 0.316 e. The number of rotatable bonds is 6. The van der Waals surface area contributed by atoms with E-state index in [9.17, 15) is 0 Å². The third kappa shape index (κ3) is 4.87. The highest BCUT2D eigenvalue weighted by Gasteiger charge is 2.17. The number of nitrogens with one attached hydrogen (secondary N) is 1. The van der Waals surface area contributed by atoms with Gasteiger partial charge in [0.1, 0.15) is 0 Å². The summed E-state index contributed by atoms with van der Waals surface area (Å²) in [6, 6.07) is 0. The van der Waals surface area contributed by atoms with Gasteiger partial charge in [-0.05, 0) is 83.8 Å². The molecule has 0 amide bonds. The van der Waals surface area contributed by atoms with Crippen LogP contribution in [0.3, 0.4) is 0 Å². The van der Waals surface area contributed by atoms with Crippen LogP contribution < -0.4 is 5.32 Å². The molecule has 1 N–H and O–H groups in total. The molecule has 0 bridgehead atoms. The van der Waals surface area contributed by atoms with E-state index < -0.39 is 0 Å². The van der Waals surface area contributed by atoms with Crippen LogP contribution in [-0.4, -0.2) is 62.7 Å². The Morgan fingerprint density at radius 3 is 2.44 bits per heavy atom. The lowest BCUT2D eigenvalue weighted by Crippen LogP contribution is -2.37. The van der Waals surface area contributed by atoms with Gasteiger partial charge in [-0.15, -0.1) is 0 Å². The van der Waals surface area contributed by atoms with E-state index in [1.54, 1.807) is 0 Å². The standard InChI is InChI=1S/C15H31N3/c1-14(13-18-7-3-4-8-18)11-16-12-15-5-9-17(2)10-6-15/h14-16H,3-13H2,1-2H3. The fourth-order valence-electron chi connectivity index (χ4n) is 3.27. The van der Waals surface area contributed by atoms with E-state index in [2.05, 4.69) is 29.1 Å². The van der Waals surface area contributed by atoms with Gasteiger partial charge in [-0.25, -0.2) is 0 Å². The summed E-state index contributed by atoms with van der Waals surface area (Å²) in [5, 5.41) is 3.70. The second kappa shape index (κ2) is 7.46. The highest BCUT2D eigenvalue weighted by atomic mass is 15.1. The molecule has 2 heterocycles. The lowest BCUT2D eigenvalue weighted by Gasteiger charge is -2.29. The van der Waals surface area contributed by atoms with Gasteiger partial charge >= 0.3 is 0 Å². The highest BCUT2D eigenvalue weighted by Crippen LogP contribution is 2.15. The van der Waals surface area contributed by atoms with Crippen molar-refractivity contribution in [2.75, 3.05) is 52.9 Å². The Hall–Kier alpha value is -0.120. The monoisotopic (exact) mass is 253 g/mol. The summed E-state index contributed by atoms with van der Waals surface area (Å²) >= 11 is 0. The summed E-state index contributed by atoms with van der Waals surface area (Å²) in [6.07, 6.45) is 5.58. The Morgan fingerprint density at radius 1 is 1.11 bits per heavy atom. The van der Waals surface area contributed by atoms with Crippen molar-refractivity contribution in [1.82, 2.24) is 15.1 Å². The van der Waals surface area contributed by atoms with Crippen molar-refractivity contribution < 1.29 is 0 Å². The van der Waals surface area contributed by atoms with Crippen LogP contribution in [0.1, 0.15) is 32.6 Å². The fraction of sp³-hybridized carbons (Fsp3) is 1.00. The van der Waals surface area contributed by atoms with Gasteiger partial charge in [0.2, 0.25) is 0 Å². The molecule has 1 unspecified atom stereocenters. The average Bonchev–Trinajstić information content (AvgIpc) is 2.84. The van der Waals surface area contributed by atoms with Crippen LogP contribution >= 0.6 is 0 Å². The normalized spacial score (nSPS) is 25.7. The van der Waals surface area contributed by atoms with Crippen molar-refractivity contribution in [2.45, 2.75) is 32.6 Å². The summed E-state index contributed by atoms with van der Waals surface area (Å²) in [7, 11) is 2.24. The molecule has 106 valence electrons. The van der Waals surface area contributed by atoms with Crippen LogP contribution in [0.2, 0.25) is 0 Å². The van der Waals surface area contributed by atoms with Gasteiger partial charge in [0.25, 0.3) is 0 Å². The molecule has 18 heavy (non-hydrogen) atoms. The number of hydrogen-bond acceptors (Lipinski definition) is 3. The summed E-state index contributed by atoms with van der Waals surface area (Å²) < 4.78 is 0. The third-order valence-electron chi connectivity index (χ3n) is 4.53. The molecule has 2 rings (SSSR count). The van der Waals surface area contributed by atoms with Crippen LogP contribution in [0.15, 0.2) is 0 Å². The number of likely N-dealkylation sites (tertiary alicyclic amines) is 2. The van der Waals surface area contributed by atoms with Crippen LogP contribution in [-0.2, 0) is 0 Å². The van der Waals surface area contributed by atoms with Crippen molar-refractivity contribution in [3.8, 4) is 0 Å². The number of nitrogens with zero attached hydrogens (tertiary/aromatic N) is 2. The van der Waals surface area contributed by atoms with Gasteiger partial charge in [0.15, 0.2) is 0 Å². The number of piperidine rings is 1. The van der Waals surface area contributed by atoms with E-state index in [0.29, 0.717) is 0 Å². The van der Waals surface area contributed by atoms with Crippen molar-refractivity contribution in [3.05, 3.63) is 0 Å². The first kappa shape index (κ1) is 14.3. The first-order valence-electron chi connectivity index (χ1n) is 7.85. The van der Waals surface area contributed by atoms with Crippen LogP contribution in [0.4, 0.5) is 0 Å². The van der Waals surface area contributed by atoms with Gasteiger partial charge in [0, 0.05) is 6.54 Å². The molecule has 2 saturated heterocycles. The first-order chi connectivity index (χ1) is 8.74. The minimum Gasteiger partial charge on any atom is -0.316 e. The molecule has 2 aliphatic heterocycles. The minimum atomic E-state index is 0.800. The van der Waals surface area contributed by atoms with Gasteiger partial charge < -0.3 is 15.1 Å². The molecule has 2 fully saturated rings. The molecule has 0 radical (unpaired) electrons. The van der Waals surface area contributed by atoms with Gasteiger partial charge in [-0.1, -0.05) is 6.92 Å². The second-order valence-corrected chi connectivity index (χ2v) is 6.52. The zero-order valence-electron chi connectivity index (χ0n) is 12.3. The van der Waals surface area contributed by atoms with Gasteiger partial charge in [0.05, 0.1) is 0 Å². The molecule has 2 aliphatic rings. The molecule has 0 aliphatic carbocycles. The van der Waals surface area contributed by atoms with E-state index in [0.717, 1.165) is 11.8 Å². The van der Waals surface area contributed by atoms with E-state index >= 15 is 0 Å². The van der Waals surface area contributed by atoms with Crippen LogP contribution in [0.25, 0.3) is 0 Å².